The number of aromatic amines is 1. The zero-order chi connectivity index (χ0) is 15.9. The molecule has 1 aliphatic rings. The molecule has 22 heavy (non-hydrogen) atoms. The Morgan fingerprint density at radius 2 is 2.09 bits per heavy atom. The van der Waals surface area contributed by atoms with Crippen LogP contribution in [-0.4, -0.2) is 25.7 Å². The van der Waals surface area contributed by atoms with Crippen molar-refractivity contribution in [3.05, 3.63) is 28.5 Å². The molecule has 2 aromatic rings. The number of imidazole rings is 1. The fourth-order valence-electron chi connectivity index (χ4n) is 3.25. The van der Waals surface area contributed by atoms with Gasteiger partial charge < -0.3 is 10.3 Å². The average molecular weight is 301 g/mol. The van der Waals surface area contributed by atoms with E-state index >= 15 is 0 Å². The summed E-state index contributed by atoms with van der Waals surface area (Å²) >= 11 is 0. The lowest BCUT2D eigenvalue weighted by Crippen LogP contribution is -2.24. The standard InChI is InChI=1S/C16H23N5O/c1-5-7-21-10(4)14-11(8-13(22)19-16(14)20-21)15-9(3)17-12(6-2)18-15/h11H,5-8H2,1-4H3,(H,17,18)(H,19,20,22). The number of aromatic nitrogens is 4. The molecule has 1 unspecified atom stereocenters. The van der Waals surface area contributed by atoms with E-state index in [0.29, 0.717) is 12.2 Å². The summed E-state index contributed by atoms with van der Waals surface area (Å²) in [5, 5.41) is 7.48. The van der Waals surface area contributed by atoms with E-state index < -0.39 is 0 Å². The number of hydrogen-bond acceptors (Lipinski definition) is 3. The lowest BCUT2D eigenvalue weighted by atomic mass is 9.88. The van der Waals surface area contributed by atoms with Crippen molar-refractivity contribution in [2.24, 2.45) is 0 Å². The first-order valence-electron chi connectivity index (χ1n) is 7.97. The number of fused-ring (bicyclic) bond motifs is 1. The van der Waals surface area contributed by atoms with Gasteiger partial charge in [0.25, 0.3) is 0 Å². The summed E-state index contributed by atoms with van der Waals surface area (Å²) in [4.78, 5) is 20.1. The minimum atomic E-state index is -0.00842. The molecule has 0 bridgehead atoms. The van der Waals surface area contributed by atoms with E-state index in [1.807, 2.05) is 11.6 Å². The van der Waals surface area contributed by atoms with Crippen molar-refractivity contribution in [3.8, 4) is 0 Å². The Hall–Kier alpha value is -2.11. The molecule has 3 heterocycles. The van der Waals surface area contributed by atoms with E-state index in [1.165, 1.54) is 0 Å². The molecule has 0 aliphatic carbocycles. The van der Waals surface area contributed by atoms with Gasteiger partial charge in [0, 0.05) is 42.3 Å². The maximum atomic E-state index is 12.1. The van der Waals surface area contributed by atoms with Crippen LogP contribution in [0.3, 0.4) is 0 Å². The highest BCUT2D eigenvalue weighted by Gasteiger charge is 2.34. The summed E-state index contributed by atoms with van der Waals surface area (Å²) in [5.41, 5.74) is 4.27. The van der Waals surface area contributed by atoms with E-state index in [4.69, 9.17) is 4.98 Å². The normalized spacial score (nSPS) is 17.5. The highest BCUT2D eigenvalue weighted by Crippen LogP contribution is 2.39. The first-order valence-corrected chi connectivity index (χ1v) is 7.97. The van der Waals surface area contributed by atoms with Crippen molar-refractivity contribution in [2.45, 2.75) is 59.4 Å². The third-order valence-electron chi connectivity index (χ3n) is 4.32. The summed E-state index contributed by atoms with van der Waals surface area (Å²) in [6.07, 6.45) is 2.31. The second-order valence-electron chi connectivity index (χ2n) is 5.92. The third kappa shape index (κ3) is 2.32. The van der Waals surface area contributed by atoms with E-state index in [0.717, 1.165) is 47.9 Å². The second-order valence-corrected chi connectivity index (χ2v) is 5.92. The van der Waals surface area contributed by atoms with Crippen LogP contribution in [0, 0.1) is 13.8 Å². The van der Waals surface area contributed by atoms with Gasteiger partial charge in [-0.1, -0.05) is 13.8 Å². The topological polar surface area (TPSA) is 75.6 Å². The molecule has 0 radical (unpaired) electrons. The average Bonchev–Trinajstić information content (AvgIpc) is 3.00. The van der Waals surface area contributed by atoms with Crippen LogP contribution in [0.2, 0.25) is 0 Å². The van der Waals surface area contributed by atoms with Gasteiger partial charge in [-0.2, -0.15) is 5.10 Å². The van der Waals surface area contributed by atoms with E-state index in [2.05, 4.69) is 36.2 Å². The number of rotatable bonds is 4. The second kappa shape index (κ2) is 5.59. The quantitative estimate of drug-likeness (QED) is 0.911. The highest BCUT2D eigenvalue weighted by atomic mass is 16.1. The molecule has 118 valence electrons. The summed E-state index contributed by atoms with van der Waals surface area (Å²) in [7, 11) is 0. The van der Waals surface area contributed by atoms with Crippen molar-refractivity contribution >= 4 is 11.7 Å². The number of carbonyl (C=O) groups excluding carboxylic acids is 1. The monoisotopic (exact) mass is 301 g/mol. The summed E-state index contributed by atoms with van der Waals surface area (Å²) in [6.45, 7) is 9.17. The van der Waals surface area contributed by atoms with E-state index in [1.54, 1.807) is 0 Å². The van der Waals surface area contributed by atoms with Crippen molar-refractivity contribution < 1.29 is 4.79 Å². The summed E-state index contributed by atoms with van der Waals surface area (Å²) in [5.74, 6) is 1.68. The Morgan fingerprint density at radius 3 is 2.73 bits per heavy atom. The highest BCUT2D eigenvalue weighted by molar-refractivity contribution is 5.94. The Labute approximate surface area is 130 Å². The number of amides is 1. The molecule has 0 saturated carbocycles. The van der Waals surface area contributed by atoms with Crippen LogP contribution >= 0.6 is 0 Å². The summed E-state index contributed by atoms with van der Waals surface area (Å²) in [6, 6.07) is 0. The van der Waals surface area contributed by atoms with Gasteiger partial charge in [-0.3, -0.25) is 9.48 Å². The van der Waals surface area contributed by atoms with Gasteiger partial charge in [0.05, 0.1) is 5.69 Å². The molecule has 6 heteroatoms. The van der Waals surface area contributed by atoms with E-state index in [9.17, 15) is 4.79 Å². The molecule has 2 N–H and O–H groups in total. The first kappa shape index (κ1) is 14.8. The Kier molecular flexibility index (Phi) is 3.76. The van der Waals surface area contributed by atoms with Crippen molar-refractivity contribution in [1.82, 2.24) is 19.7 Å². The van der Waals surface area contributed by atoms with Gasteiger partial charge in [0.2, 0.25) is 5.91 Å². The number of carbonyl (C=O) groups is 1. The van der Waals surface area contributed by atoms with Gasteiger partial charge in [-0.15, -0.1) is 0 Å². The molecular weight excluding hydrogens is 278 g/mol. The maximum Gasteiger partial charge on any atom is 0.226 e. The van der Waals surface area contributed by atoms with Crippen LogP contribution in [0.5, 0.6) is 0 Å². The van der Waals surface area contributed by atoms with Gasteiger partial charge in [0.15, 0.2) is 5.82 Å². The number of aryl methyl sites for hydroxylation is 3. The fourth-order valence-corrected chi connectivity index (χ4v) is 3.25. The van der Waals surface area contributed by atoms with Crippen molar-refractivity contribution in [3.63, 3.8) is 0 Å². The van der Waals surface area contributed by atoms with Crippen molar-refractivity contribution in [2.75, 3.05) is 5.32 Å². The van der Waals surface area contributed by atoms with Gasteiger partial charge in [-0.05, 0) is 20.3 Å². The van der Waals surface area contributed by atoms with Crippen LogP contribution in [0.1, 0.15) is 61.1 Å². The van der Waals surface area contributed by atoms with Crippen LogP contribution < -0.4 is 5.32 Å². The minimum absolute atomic E-state index is 0.00842. The largest absolute Gasteiger partial charge is 0.346 e. The molecule has 0 saturated heterocycles. The SMILES string of the molecule is CCCn1nc2c(c1C)C(c1nc(CC)[nH]c1C)CC(=O)N2. The van der Waals surface area contributed by atoms with Crippen LogP contribution in [0.4, 0.5) is 5.82 Å². The molecule has 2 aromatic heterocycles. The predicted molar refractivity (Wildman–Crippen MR) is 85.0 cm³/mol. The molecular formula is C16H23N5O. The molecule has 3 rings (SSSR count). The Balaban J connectivity index is 2.10. The number of nitrogens with zero attached hydrogens (tertiary/aromatic N) is 3. The predicted octanol–water partition coefficient (Wildman–Crippen LogP) is 2.67. The molecule has 0 fully saturated rings. The third-order valence-corrected chi connectivity index (χ3v) is 4.32. The molecule has 0 aromatic carbocycles. The fraction of sp³-hybridized carbons (Fsp3) is 0.562. The van der Waals surface area contributed by atoms with Gasteiger partial charge in [0.1, 0.15) is 5.82 Å². The van der Waals surface area contributed by atoms with E-state index in [-0.39, 0.29) is 11.8 Å². The zero-order valence-corrected chi connectivity index (χ0v) is 13.7. The first-order chi connectivity index (χ1) is 10.5. The lowest BCUT2D eigenvalue weighted by molar-refractivity contribution is -0.116. The Bertz CT molecular complexity index is 712. The molecule has 1 amide bonds. The van der Waals surface area contributed by atoms with Gasteiger partial charge in [-0.25, -0.2) is 4.98 Å². The smallest absolute Gasteiger partial charge is 0.226 e. The molecule has 6 nitrogen and oxygen atoms in total. The summed E-state index contributed by atoms with van der Waals surface area (Å²) < 4.78 is 1.99. The molecule has 0 spiro atoms. The van der Waals surface area contributed by atoms with Crippen LogP contribution in [0.15, 0.2) is 0 Å². The van der Waals surface area contributed by atoms with Crippen molar-refractivity contribution in [1.29, 1.82) is 0 Å². The lowest BCUT2D eigenvalue weighted by Gasteiger charge is -2.21. The minimum Gasteiger partial charge on any atom is -0.346 e. The van der Waals surface area contributed by atoms with Gasteiger partial charge >= 0.3 is 0 Å². The van der Waals surface area contributed by atoms with Crippen LogP contribution in [0.25, 0.3) is 0 Å². The number of nitrogens with one attached hydrogen (secondary N) is 2. The number of H-pyrrole nitrogens is 1. The number of hydrogen-bond donors (Lipinski definition) is 2. The molecule has 1 atom stereocenters. The number of anilines is 1. The molecule has 1 aliphatic heterocycles. The maximum absolute atomic E-state index is 12.1. The van der Waals surface area contributed by atoms with Crippen LogP contribution in [-0.2, 0) is 17.8 Å². The Morgan fingerprint density at radius 1 is 1.32 bits per heavy atom. The zero-order valence-electron chi connectivity index (χ0n) is 13.7.